The Hall–Kier alpha value is 0.0969. The van der Waals surface area contributed by atoms with Gasteiger partial charge in [0.1, 0.15) is 0 Å². The van der Waals surface area contributed by atoms with E-state index in [2.05, 4.69) is 39.2 Å². The summed E-state index contributed by atoms with van der Waals surface area (Å²) in [5.74, 6) is 0. The summed E-state index contributed by atoms with van der Waals surface area (Å²) in [5.41, 5.74) is 0. The van der Waals surface area contributed by atoms with E-state index in [0.29, 0.717) is 6.54 Å². The Morgan fingerprint density at radius 3 is 2.21 bits per heavy atom. The van der Waals surface area contributed by atoms with Gasteiger partial charge in [0.15, 0.2) is 8.32 Å². The summed E-state index contributed by atoms with van der Waals surface area (Å²) >= 11 is 0. The van der Waals surface area contributed by atoms with E-state index in [1.165, 1.54) is 0 Å². The standard InChI is InChI=1S/C10H25NO2Si/c1-10(2,3)14(4,5)13-9-7-11-6-8-12/h11-12H,6-9H2,1-5H3. The fourth-order valence-corrected chi connectivity index (χ4v) is 1.84. The minimum absolute atomic E-state index is 0.195. The maximum atomic E-state index is 8.56. The highest BCUT2D eigenvalue weighted by Gasteiger charge is 2.36. The molecule has 14 heavy (non-hydrogen) atoms. The van der Waals surface area contributed by atoms with Gasteiger partial charge in [0.05, 0.1) is 6.61 Å². The summed E-state index contributed by atoms with van der Waals surface area (Å²) in [6.07, 6.45) is 0. The molecule has 0 aromatic carbocycles. The Bertz CT molecular complexity index is 155. The Morgan fingerprint density at radius 2 is 1.79 bits per heavy atom. The summed E-state index contributed by atoms with van der Waals surface area (Å²) in [6.45, 7) is 13.6. The maximum absolute atomic E-state index is 8.56. The van der Waals surface area contributed by atoms with Crippen molar-refractivity contribution in [3.05, 3.63) is 0 Å². The van der Waals surface area contributed by atoms with Crippen molar-refractivity contribution in [3.63, 3.8) is 0 Å². The maximum Gasteiger partial charge on any atom is 0.192 e. The van der Waals surface area contributed by atoms with Gasteiger partial charge >= 0.3 is 0 Å². The molecule has 0 aliphatic carbocycles. The van der Waals surface area contributed by atoms with Crippen LogP contribution in [0.5, 0.6) is 0 Å². The molecular formula is C10H25NO2Si. The number of aliphatic hydroxyl groups is 1. The van der Waals surface area contributed by atoms with Crippen LogP contribution in [0.2, 0.25) is 18.1 Å². The van der Waals surface area contributed by atoms with Crippen molar-refractivity contribution < 1.29 is 9.53 Å². The molecule has 0 rings (SSSR count). The second kappa shape index (κ2) is 5.85. The zero-order valence-corrected chi connectivity index (χ0v) is 11.2. The SMILES string of the molecule is CC(C)(C)[Si](C)(C)OCCNCCO. The molecule has 0 saturated carbocycles. The van der Waals surface area contributed by atoms with E-state index in [1.807, 2.05) is 0 Å². The van der Waals surface area contributed by atoms with E-state index in [-0.39, 0.29) is 11.6 Å². The topological polar surface area (TPSA) is 41.5 Å². The van der Waals surface area contributed by atoms with Crippen LogP contribution in [0.4, 0.5) is 0 Å². The monoisotopic (exact) mass is 219 g/mol. The lowest BCUT2D eigenvalue weighted by Crippen LogP contribution is -2.42. The lowest BCUT2D eigenvalue weighted by atomic mass is 10.2. The van der Waals surface area contributed by atoms with Gasteiger partial charge in [-0.1, -0.05) is 20.8 Å². The lowest BCUT2D eigenvalue weighted by Gasteiger charge is -2.36. The number of hydrogen-bond donors (Lipinski definition) is 2. The molecule has 0 bridgehead atoms. The number of rotatable bonds is 6. The van der Waals surface area contributed by atoms with Crippen LogP contribution in [0.3, 0.4) is 0 Å². The molecule has 0 aliphatic heterocycles. The van der Waals surface area contributed by atoms with Crippen LogP contribution in [0, 0.1) is 0 Å². The molecule has 0 amide bonds. The highest BCUT2D eigenvalue weighted by atomic mass is 28.4. The van der Waals surface area contributed by atoms with Crippen LogP contribution in [-0.4, -0.2) is 39.7 Å². The summed E-state index contributed by atoms with van der Waals surface area (Å²) in [4.78, 5) is 0. The van der Waals surface area contributed by atoms with Crippen molar-refractivity contribution >= 4 is 8.32 Å². The van der Waals surface area contributed by atoms with E-state index in [9.17, 15) is 0 Å². The van der Waals surface area contributed by atoms with Gasteiger partial charge in [-0.15, -0.1) is 0 Å². The van der Waals surface area contributed by atoms with E-state index in [0.717, 1.165) is 13.2 Å². The Balaban J connectivity index is 3.67. The van der Waals surface area contributed by atoms with Crippen LogP contribution in [0.1, 0.15) is 20.8 Å². The van der Waals surface area contributed by atoms with E-state index in [1.54, 1.807) is 0 Å². The highest BCUT2D eigenvalue weighted by Crippen LogP contribution is 2.36. The fourth-order valence-electron chi connectivity index (χ4n) is 0.799. The number of aliphatic hydroxyl groups excluding tert-OH is 1. The molecule has 0 aliphatic rings. The zero-order chi connectivity index (χ0) is 11.2. The third-order valence-corrected chi connectivity index (χ3v) is 7.37. The van der Waals surface area contributed by atoms with Gasteiger partial charge in [-0.25, -0.2) is 0 Å². The first kappa shape index (κ1) is 14.1. The molecule has 0 unspecified atom stereocenters. The quantitative estimate of drug-likeness (QED) is 0.526. The molecule has 3 nitrogen and oxygen atoms in total. The summed E-state index contributed by atoms with van der Waals surface area (Å²) in [7, 11) is -1.57. The Morgan fingerprint density at radius 1 is 1.21 bits per heavy atom. The van der Waals surface area contributed by atoms with E-state index in [4.69, 9.17) is 9.53 Å². The van der Waals surface area contributed by atoms with Gasteiger partial charge < -0.3 is 14.8 Å². The molecule has 0 aromatic rings. The minimum Gasteiger partial charge on any atom is -0.416 e. The van der Waals surface area contributed by atoms with Crippen molar-refractivity contribution in [2.45, 2.75) is 38.9 Å². The molecule has 86 valence electrons. The first-order valence-electron chi connectivity index (χ1n) is 5.27. The Labute approximate surface area is 89.0 Å². The van der Waals surface area contributed by atoms with Crippen molar-refractivity contribution in [3.8, 4) is 0 Å². The van der Waals surface area contributed by atoms with E-state index < -0.39 is 8.32 Å². The van der Waals surface area contributed by atoms with Crippen LogP contribution < -0.4 is 5.32 Å². The number of hydrogen-bond acceptors (Lipinski definition) is 3. The normalized spacial score (nSPS) is 13.3. The van der Waals surface area contributed by atoms with Crippen LogP contribution in [0.25, 0.3) is 0 Å². The second-order valence-electron chi connectivity index (χ2n) is 5.08. The van der Waals surface area contributed by atoms with Crippen molar-refractivity contribution in [2.75, 3.05) is 26.3 Å². The molecule has 0 atom stereocenters. The van der Waals surface area contributed by atoms with Gasteiger partial charge in [0, 0.05) is 19.7 Å². The molecule has 0 radical (unpaired) electrons. The van der Waals surface area contributed by atoms with Gasteiger partial charge in [-0.05, 0) is 18.1 Å². The summed E-state index contributed by atoms with van der Waals surface area (Å²) < 4.78 is 5.94. The predicted molar refractivity (Wildman–Crippen MR) is 63.1 cm³/mol. The van der Waals surface area contributed by atoms with Crippen molar-refractivity contribution in [2.24, 2.45) is 0 Å². The first-order valence-corrected chi connectivity index (χ1v) is 8.17. The molecule has 4 heteroatoms. The van der Waals surface area contributed by atoms with Gasteiger partial charge in [0.2, 0.25) is 0 Å². The average molecular weight is 219 g/mol. The van der Waals surface area contributed by atoms with Crippen LogP contribution >= 0.6 is 0 Å². The predicted octanol–water partition coefficient (Wildman–Crippen LogP) is 1.59. The molecule has 2 N–H and O–H groups in total. The second-order valence-corrected chi connectivity index (χ2v) is 9.89. The average Bonchev–Trinajstić information content (AvgIpc) is 2.02. The van der Waals surface area contributed by atoms with Gasteiger partial charge in [-0.2, -0.15) is 0 Å². The van der Waals surface area contributed by atoms with Crippen molar-refractivity contribution in [1.29, 1.82) is 0 Å². The molecule has 0 fully saturated rings. The fraction of sp³-hybridized carbons (Fsp3) is 1.00. The first-order chi connectivity index (χ1) is 6.31. The minimum atomic E-state index is -1.57. The summed E-state index contributed by atoms with van der Waals surface area (Å²) in [6, 6.07) is 0. The van der Waals surface area contributed by atoms with Gasteiger partial charge in [0.25, 0.3) is 0 Å². The largest absolute Gasteiger partial charge is 0.416 e. The molecular weight excluding hydrogens is 194 g/mol. The third-order valence-electron chi connectivity index (χ3n) is 2.84. The van der Waals surface area contributed by atoms with Crippen LogP contribution in [0.15, 0.2) is 0 Å². The Kier molecular flexibility index (Phi) is 5.89. The van der Waals surface area contributed by atoms with Crippen molar-refractivity contribution in [1.82, 2.24) is 5.32 Å². The smallest absolute Gasteiger partial charge is 0.192 e. The van der Waals surface area contributed by atoms with Crippen LogP contribution in [-0.2, 0) is 4.43 Å². The van der Waals surface area contributed by atoms with E-state index >= 15 is 0 Å². The molecule has 0 saturated heterocycles. The van der Waals surface area contributed by atoms with Gasteiger partial charge in [-0.3, -0.25) is 0 Å². The highest BCUT2D eigenvalue weighted by molar-refractivity contribution is 6.74. The molecule has 0 aromatic heterocycles. The third kappa shape index (κ3) is 5.10. The summed E-state index contributed by atoms with van der Waals surface area (Å²) in [5, 5.41) is 11.9. The number of nitrogens with one attached hydrogen (secondary N) is 1. The molecule has 0 heterocycles. The zero-order valence-electron chi connectivity index (χ0n) is 10.2. The molecule has 0 spiro atoms. The lowest BCUT2D eigenvalue weighted by molar-refractivity contribution is 0.265.